The predicted molar refractivity (Wildman–Crippen MR) is 81.2 cm³/mol. The van der Waals surface area contributed by atoms with Crippen LogP contribution in [0.5, 0.6) is 5.75 Å². The minimum Gasteiger partial charge on any atom is -0.497 e. The number of aromatic nitrogens is 3. The van der Waals surface area contributed by atoms with Crippen molar-refractivity contribution in [3.63, 3.8) is 0 Å². The summed E-state index contributed by atoms with van der Waals surface area (Å²) in [4.78, 5) is 4.15. The van der Waals surface area contributed by atoms with E-state index in [2.05, 4.69) is 23.2 Å². The van der Waals surface area contributed by atoms with Crippen molar-refractivity contribution in [3.05, 3.63) is 62.1 Å². The monoisotopic (exact) mass is 290 g/mol. The van der Waals surface area contributed by atoms with Gasteiger partial charge in [0.1, 0.15) is 11.9 Å². The molecular weight excluding hydrogens is 271 g/mol. The molecule has 0 aliphatic carbocycles. The van der Waals surface area contributed by atoms with Crippen LogP contribution < -0.4 is 10.5 Å². The van der Waals surface area contributed by atoms with Crippen molar-refractivity contribution in [2.24, 2.45) is 5.73 Å². The molecule has 2 unspecified atom stereocenters. The zero-order chi connectivity index (χ0) is 15.7. The summed E-state index contributed by atoms with van der Waals surface area (Å²) in [7, 11) is 1.63. The molecule has 0 spiro atoms. The number of pyridine rings is 1. The van der Waals surface area contributed by atoms with E-state index in [1.54, 1.807) is 30.3 Å². The maximum Gasteiger partial charge on any atom is 0.156 e. The number of hydrogen-bond donors (Lipinski definition) is 1. The van der Waals surface area contributed by atoms with Crippen molar-refractivity contribution in [2.75, 3.05) is 7.11 Å². The van der Waals surface area contributed by atoms with E-state index in [1.165, 1.54) is 6.08 Å². The van der Waals surface area contributed by atoms with Gasteiger partial charge in [-0.2, -0.15) is 5.10 Å². The standard InChI is InChI=1S/C9H9N3O.C6H10FN/c1-13-8-3-5-10-9(7-8)12-6-2-4-11-12;1-3-5(7)6(8)4-2/h2-7H,1H3;3-6H,1-2,8H2. The maximum atomic E-state index is 12.2. The van der Waals surface area contributed by atoms with Gasteiger partial charge in [-0.3, -0.25) is 0 Å². The van der Waals surface area contributed by atoms with Gasteiger partial charge in [-0.15, -0.1) is 13.2 Å². The number of methoxy groups -OCH3 is 1. The van der Waals surface area contributed by atoms with Gasteiger partial charge in [-0.05, 0) is 12.1 Å². The molecule has 0 bridgehead atoms. The van der Waals surface area contributed by atoms with Gasteiger partial charge in [0.2, 0.25) is 0 Å². The highest BCUT2D eigenvalue weighted by Crippen LogP contribution is 2.12. The molecule has 0 aliphatic heterocycles. The van der Waals surface area contributed by atoms with Crippen LogP contribution in [-0.4, -0.2) is 34.1 Å². The van der Waals surface area contributed by atoms with E-state index in [-0.39, 0.29) is 0 Å². The zero-order valence-corrected chi connectivity index (χ0v) is 11.9. The zero-order valence-electron chi connectivity index (χ0n) is 11.9. The Bertz CT molecular complexity index is 545. The van der Waals surface area contributed by atoms with Crippen LogP contribution >= 0.6 is 0 Å². The van der Waals surface area contributed by atoms with Gasteiger partial charge in [0.15, 0.2) is 5.82 Å². The van der Waals surface area contributed by atoms with Crippen molar-refractivity contribution >= 4 is 0 Å². The SMILES string of the molecule is C=CC(N)C(F)C=C.COc1ccnc(-n2cccn2)c1. The fraction of sp³-hybridized carbons (Fsp3) is 0.200. The molecule has 21 heavy (non-hydrogen) atoms. The molecule has 0 fully saturated rings. The van der Waals surface area contributed by atoms with Crippen LogP contribution in [0.25, 0.3) is 5.82 Å². The lowest BCUT2D eigenvalue weighted by Crippen LogP contribution is -2.27. The van der Waals surface area contributed by atoms with E-state index in [1.807, 2.05) is 18.3 Å². The lowest BCUT2D eigenvalue weighted by atomic mass is 10.2. The number of rotatable bonds is 5. The fourth-order valence-electron chi connectivity index (χ4n) is 1.34. The molecule has 2 aromatic heterocycles. The molecule has 2 atom stereocenters. The Morgan fingerprint density at radius 3 is 2.62 bits per heavy atom. The van der Waals surface area contributed by atoms with Gasteiger partial charge in [0, 0.05) is 24.7 Å². The van der Waals surface area contributed by atoms with Crippen LogP contribution in [0.15, 0.2) is 62.1 Å². The highest BCUT2D eigenvalue weighted by Gasteiger charge is 2.06. The van der Waals surface area contributed by atoms with Crippen molar-refractivity contribution in [1.29, 1.82) is 0 Å². The lowest BCUT2D eigenvalue weighted by Gasteiger charge is -2.05. The summed E-state index contributed by atoms with van der Waals surface area (Å²) >= 11 is 0. The first-order valence-electron chi connectivity index (χ1n) is 6.27. The second-order valence-corrected chi connectivity index (χ2v) is 4.00. The second-order valence-electron chi connectivity index (χ2n) is 4.00. The van der Waals surface area contributed by atoms with Crippen LogP contribution in [0.4, 0.5) is 4.39 Å². The summed E-state index contributed by atoms with van der Waals surface area (Å²) in [5.41, 5.74) is 5.16. The van der Waals surface area contributed by atoms with E-state index < -0.39 is 12.2 Å². The van der Waals surface area contributed by atoms with Gasteiger partial charge in [-0.1, -0.05) is 12.2 Å². The third kappa shape index (κ3) is 5.19. The minimum atomic E-state index is -1.16. The van der Waals surface area contributed by atoms with E-state index in [0.717, 1.165) is 17.6 Å². The third-order valence-electron chi connectivity index (χ3n) is 2.56. The first-order chi connectivity index (χ1) is 10.1. The van der Waals surface area contributed by atoms with Gasteiger partial charge in [0.25, 0.3) is 0 Å². The van der Waals surface area contributed by atoms with Gasteiger partial charge in [0.05, 0.1) is 13.2 Å². The average Bonchev–Trinajstić information content (AvgIpc) is 3.08. The summed E-state index contributed by atoms with van der Waals surface area (Å²) in [5.74, 6) is 1.53. The fourth-order valence-corrected chi connectivity index (χ4v) is 1.34. The van der Waals surface area contributed by atoms with Crippen molar-refractivity contribution in [3.8, 4) is 11.6 Å². The van der Waals surface area contributed by atoms with Crippen LogP contribution in [0, 0.1) is 0 Å². The van der Waals surface area contributed by atoms with E-state index in [4.69, 9.17) is 10.5 Å². The molecule has 2 N–H and O–H groups in total. The molecule has 6 heteroatoms. The normalized spacial score (nSPS) is 12.5. The maximum absolute atomic E-state index is 12.2. The first kappa shape index (κ1) is 16.6. The molecule has 0 aromatic carbocycles. The summed E-state index contributed by atoms with van der Waals surface area (Å²) in [6.45, 7) is 6.54. The summed E-state index contributed by atoms with van der Waals surface area (Å²) < 4.78 is 19.0. The van der Waals surface area contributed by atoms with Gasteiger partial charge < -0.3 is 10.5 Å². The average molecular weight is 290 g/mol. The molecule has 0 radical (unpaired) electrons. The number of hydrogen-bond acceptors (Lipinski definition) is 4. The molecular formula is C15H19FN4O. The molecule has 2 heterocycles. The van der Waals surface area contributed by atoms with Crippen molar-refractivity contribution < 1.29 is 9.13 Å². The molecule has 5 nitrogen and oxygen atoms in total. The largest absolute Gasteiger partial charge is 0.497 e. The van der Waals surface area contributed by atoms with Gasteiger partial charge in [-0.25, -0.2) is 14.1 Å². The number of ether oxygens (including phenoxy) is 1. The number of alkyl halides is 1. The lowest BCUT2D eigenvalue weighted by molar-refractivity contribution is 0.372. The van der Waals surface area contributed by atoms with Crippen molar-refractivity contribution in [2.45, 2.75) is 12.2 Å². The third-order valence-corrected chi connectivity index (χ3v) is 2.56. The van der Waals surface area contributed by atoms with E-state index in [0.29, 0.717) is 0 Å². The Kier molecular flexibility index (Phi) is 6.83. The summed E-state index contributed by atoms with van der Waals surface area (Å²) in [6, 6.07) is 4.87. The van der Waals surface area contributed by atoms with Crippen LogP contribution in [0.1, 0.15) is 0 Å². The van der Waals surface area contributed by atoms with E-state index in [9.17, 15) is 4.39 Å². The Hall–Kier alpha value is -2.47. The topological polar surface area (TPSA) is 66.0 Å². The summed E-state index contributed by atoms with van der Waals surface area (Å²) in [6.07, 6.45) is 6.59. The Morgan fingerprint density at radius 1 is 1.38 bits per heavy atom. The Balaban J connectivity index is 0.000000240. The Morgan fingerprint density at radius 2 is 2.14 bits per heavy atom. The van der Waals surface area contributed by atoms with Crippen LogP contribution in [0.3, 0.4) is 0 Å². The molecule has 2 aromatic rings. The molecule has 0 aliphatic rings. The van der Waals surface area contributed by atoms with Gasteiger partial charge >= 0.3 is 0 Å². The number of nitrogens with two attached hydrogens (primary N) is 1. The smallest absolute Gasteiger partial charge is 0.156 e. The quantitative estimate of drug-likeness (QED) is 0.858. The number of halogens is 1. The highest BCUT2D eigenvalue weighted by molar-refractivity contribution is 5.31. The minimum absolute atomic E-state index is 0.604. The molecule has 0 saturated carbocycles. The molecule has 2 rings (SSSR count). The molecule has 0 saturated heterocycles. The Labute approximate surface area is 123 Å². The summed E-state index contributed by atoms with van der Waals surface area (Å²) in [5, 5.41) is 4.06. The highest BCUT2D eigenvalue weighted by atomic mass is 19.1. The van der Waals surface area contributed by atoms with Crippen LogP contribution in [-0.2, 0) is 0 Å². The molecule has 112 valence electrons. The predicted octanol–water partition coefficient (Wildman–Crippen LogP) is 2.30. The first-order valence-corrected chi connectivity index (χ1v) is 6.27. The second kappa shape index (κ2) is 8.65. The van der Waals surface area contributed by atoms with Crippen LogP contribution in [0.2, 0.25) is 0 Å². The number of nitrogens with zero attached hydrogens (tertiary/aromatic N) is 3. The van der Waals surface area contributed by atoms with Crippen molar-refractivity contribution in [1.82, 2.24) is 14.8 Å². The molecule has 0 amide bonds. The van der Waals surface area contributed by atoms with E-state index >= 15 is 0 Å².